The average Bonchev–Trinajstić information content (AvgIpc) is 2.37. The first-order valence-corrected chi connectivity index (χ1v) is 7.61. The summed E-state index contributed by atoms with van der Waals surface area (Å²) >= 11 is 0. The molecule has 3 atom stereocenters. The Labute approximate surface area is 124 Å². The largest absolute Gasteiger partial charge is 0.416 e. The van der Waals surface area contributed by atoms with Crippen LogP contribution in [0.5, 0.6) is 0 Å². The first-order valence-electron chi connectivity index (χ1n) is 7.61. The molecule has 1 aromatic rings. The second kappa shape index (κ2) is 5.64. The van der Waals surface area contributed by atoms with E-state index in [1.165, 1.54) is 12.1 Å². The third kappa shape index (κ3) is 3.25. The summed E-state index contributed by atoms with van der Waals surface area (Å²) in [7, 11) is 0. The number of rotatable bonds is 2. The van der Waals surface area contributed by atoms with Crippen molar-refractivity contribution in [2.75, 3.05) is 0 Å². The lowest BCUT2D eigenvalue weighted by Crippen LogP contribution is -2.50. The summed E-state index contributed by atoms with van der Waals surface area (Å²) in [5.41, 5.74) is 6.02. The monoisotopic (exact) mass is 299 g/mol. The van der Waals surface area contributed by atoms with Gasteiger partial charge in [-0.3, -0.25) is 0 Å². The minimum Gasteiger partial charge on any atom is -0.321 e. The zero-order chi connectivity index (χ0) is 15.8. The van der Waals surface area contributed by atoms with Crippen LogP contribution < -0.4 is 5.73 Å². The Morgan fingerprint density at radius 1 is 1.24 bits per heavy atom. The fourth-order valence-corrected chi connectivity index (χ4v) is 3.80. The van der Waals surface area contributed by atoms with Gasteiger partial charge in [0, 0.05) is 5.54 Å². The van der Waals surface area contributed by atoms with Gasteiger partial charge < -0.3 is 5.73 Å². The summed E-state index contributed by atoms with van der Waals surface area (Å²) in [5, 5.41) is 0. The van der Waals surface area contributed by atoms with Crippen molar-refractivity contribution < 1.29 is 13.2 Å². The molecule has 2 N–H and O–H groups in total. The molecule has 0 aliphatic heterocycles. The van der Waals surface area contributed by atoms with Crippen LogP contribution in [0.1, 0.15) is 51.2 Å². The molecule has 0 bridgehead atoms. The summed E-state index contributed by atoms with van der Waals surface area (Å²) in [6, 6.07) is 5.59. The first kappa shape index (κ1) is 16.3. The molecule has 0 saturated heterocycles. The average molecular weight is 299 g/mol. The van der Waals surface area contributed by atoms with Crippen LogP contribution in [0.4, 0.5) is 13.2 Å². The number of hydrogen-bond donors (Lipinski definition) is 1. The van der Waals surface area contributed by atoms with Gasteiger partial charge >= 0.3 is 6.18 Å². The van der Waals surface area contributed by atoms with Crippen molar-refractivity contribution >= 4 is 0 Å². The van der Waals surface area contributed by atoms with Crippen LogP contribution in [-0.4, -0.2) is 0 Å². The van der Waals surface area contributed by atoms with Crippen molar-refractivity contribution in [1.82, 2.24) is 0 Å². The smallest absolute Gasteiger partial charge is 0.321 e. The lowest BCUT2D eigenvalue weighted by molar-refractivity contribution is -0.137. The van der Waals surface area contributed by atoms with Crippen molar-refractivity contribution in [2.45, 2.75) is 51.7 Å². The Hall–Kier alpha value is -1.03. The molecule has 0 spiro atoms. The highest BCUT2D eigenvalue weighted by Crippen LogP contribution is 2.46. The van der Waals surface area contributed by atoms with E-state index in [2.05, 4.69) is 20.8 Å². The van der Waals surface area contributed by atoms with Crippen LogP contribution >= 0.6 is 0 Å². The predicted octanol–water partition coefficient (Wildman–Crippen LogP) is 4.95. The molecular weight excluding hydrogens is 275 g/mol. The number of halogens is 3. The van der Waals surface area contributed by atoms with E-state index in [0.717, 1.165) is 25.3 Å². The molecule has 1 aromatic carbocycles. The van der Waals surface area contributed by atoms with Gasteiger partial charge in [0.1, 0.15) is 0 Å². The maximum Gasteiger partial charge on any atom is 0.416 e. The Bertz CT molecular complexity index is 495. The number of nitrogens with two attached hydrogens (primary N) is 1. The van der Waals surface area contributed by atoms with E-state index in [1.807, 2.05) is 0 Å². The van der Waals surface area contributed by atoms with Crippen LogP contribution in [0.3, 0.4) is 0 Å². The summed E-state index contributed by atoms with van der Waals surface area (Å²) in [6.07, 6.45) is -1.50. The van der Waals surface area contributed by atoms with Crippen LogP contribution in [0, 0.1) is 17.8 Å². The van der Waals surface area contributed by atoms with E-state index >= 15 is 0 Å². The van der Waals surface area contributed by atoms with E-state index in [4.69, 9.17) is 5.73 Å². The Kier molecular flexibility index (Phi) is 4.39. The highest BCUT2D eigenvalue weighted by molar-refractivity contribution is 5.32. The summed E-state index contributed by atoms with van der Waals surface area (Å²) in [4.78, 5) is 0. The number of benzene rings is 1. The Morgan fingerprint density at radius 2 is 1.90 bits per heavy atom. The molecule has 3 unspecified atom stereocenters. The number of hydrogen-bond acceptors (Lipinski definition) is 1. The molecule has 0 aromatic heterocycles. The molecule has 0 amide bonds. The van der Waals surface area contributed by atoms with E-state index in [-0.39, 0.29) is 5.92 Å². The van der Waals surface area contributed by atoms with E-state index in [0.29, 0.717) is 17.4 Å². The van der Waals surface area contributed by atoms with Gasteiger partial charge in [0.05, 0.1) is 5.56 Å². The van der Waals surface area contributed by atoms with Crippen molar-refractivity contribution in [1.29, 1.82) is 0 Å². The minimum absolute atomic E-state index is 0.220. The quantitative estimate of drug-likeness (QED) is 0.821. The highest BCUT2D eigenvalue weighted by Gasteiger charge is 2.43. The predicted molar refractivity (Wildman–Crippen MR) is 78.7 cm³/mol. The van der Waals surface area contributed by atoms with Crippen LogP contribution in [-0.2, 0) is 11.7 Å². The van der Waals surface area contributed by atoms with Crippen LogP contribution in [0.25, 0.3) is 0 Å². The van der Waals surface area contributed by atoms with Crippen molar-refractivity contribution in [3.8, 4) is 0 Å². The van der Waals surface area contributed by atoms with Crippen molar-refractivity contribution in [3.05, 3.63) is 35.4 Å². The van der Waals surface area contributed by atoms with Gasteiger partial charge in [-0.25, -0.2) is 0 Å². The molecule has 2 rings (SSSR count). The molecule has 1 saturated carbocycles. The molecule has 1 aliphatic rings. The molecule has 4 heteroatoms. The minimum atomic E-state index is -4.32. The maximum atomic E-state index is 13.0. The molecule has 1 fully saturated rings. The number of alkyl halides is 3. The van der Waals surface area contributed by atoms with Gasteiger partial charge in [-0.05, 0) is 48.3 Å². The second-order valence-corrected chi connectivity index (χ2v) is 6.86. The topological polar surface area (TPSA) is 26.0 Å². The van der Waals surface area contributed by atoms with Gasteiger partial charge in [0.25, 0.3) is 0 Å². The fourth-order valence-electron chi connectivity index (χ4n) is 3.80. The van der Waals surface area contributed by atoms with Crippen molar-refractivity contribution in [3.63, 3.8) is 0 Å². The molecule has 1 nitrogen and oxygen atoms in total. The normalized spacial score (nSPS) is 30.7. The summed E-state index contributed by atoms with van der Waals surface area (Å²) < 4.78 is 38.9. The standard InChI is InChI=1S/C17H24F3N/c1-11(2)15-8-7-12(3)10-16(15,21)13-5-4-6-14(9-13)17(18,19)20/h4-6,9,11-12,15H,7-8,10,21H2,1-3H3. The molecule has 1 aliphatic carbocycles. The second-order valence-electron chi connectivity index (χ2n) is 6.86. The van der Waals surface area contributed by atoms with E-state index in [9.17, 15) is 13.2 Å². The van der Waals surface area contributed by atoms with E-state index in [1.54, 1.807) is 6.07 Å². The SMILES string of the molecule is CC1CCC(C(C)C)C(N)(c2cccc(C(F)(F)F)c2)C1. The van der Waals surface area contributed by atoms with Gasteiger partial charge in [-0.2, -0.15) is 13.2 Å². The van der Waals surface area contributed by atoms with E-state index < -0.39 is 17.3 Å². The third-order valence-electron chi connectivity index (χ3n) is 4.85. The highest BCUT2D eigenvalue weighted by atomic mass is 19.4. The van der Waals surface area contributed by atoms with Gasteiger partial charge in [-0.15, -0.1) is 0 Å². The summed E-state index contributed by atoms with van der Waals surface area (Å²) in [6.45, 7) is 6.34. The van der Waals surface area contributed by atoms with Crippen LogP contribution in [0.2, 0.25) is 0 Å². The maximum absolute atomic E-state index is 13.0. The van der Waals surface area contributed by atoms with Crippen molar-refractivity contribution in [2.24, 2.45) is 23.5 Å². The molecule has 0 heterocycles. The molecule has 118 valence electrons. The Morgan fingerprint density at radius 3 is 2.48 bits per heavy atom. The molecular formula is C17H24F3N. The van der Waals surface area contributed by atoms with Gasteiger partial charge in [0.2, 0.25) is 0 Å². The Balaban J connectivity index is 2.45. The summed E-state index contributed by atoms with van der Waals surface area (Å²) in [5.74, 6) is 1.02. The third-order valence-corrected chi connectivity index (χ3v) is 4.85. The molecule has 21 heavy (non-hydrogen) atoms. The van der Waals surface area contributed by atoms with Gasteiger partial charge in [0.15, 0.2) is 0 Å². The lowest BCUT2D eigenvalue weighted by Gasteiger charge is -2.46. The fraction of sp³-hybridized carbons (Fsp3) is 0.647. The lowest BCUT2D eigenvalue weighted by atomic mass is 9.62. The zero-order valence-corrected chi connectivity index (χ0v) is 12.9. The first-order chi connectivity index (χ1) is 9.64. The van der Waals surface area contributed by atoms with Gasteiger partial charge in [-0.1, -0.05) is 39.3 Å². The van der Waals surface area contributed by atoms with Crippen LogP contribution in [0.15, 0.2) is 24.3 Å². The molecule has 0 radical (unpaired) electrons. The zero-order valence-electron chi connectivity index (χ0n) is 12.9.